The molecule has 0 atom stereocenters. The summed E-state index contributed by atoms with van der Waals surface area (Å²) in [5.41, 5.74) is 0.558. The molecule has 1 saturated heterocycles. The van der Waals surface area contributed by atoms with Gasteiger partial charge in [0.2, 0.25) is 0 Å². The van der Waals surface area contributed by atoms with E-state index in [0.717, 1.165) is 6.04 Å². The molecule has 0 amide bonds. The number of hydrogen-bond acceptors (Lipinski definition) is 2. The van der Waals surface area contributed by atoms with Crippen LogP contribution in [-0.2, 0) is 0 Å². The maximum Gasteiger partial charge on any atom is 0.0310 e. The lowest BCUT2D eigenvalue weighted by Gasteiger charge is -2.36. The average Bonchev–Trinajstić information content (AvgIpc) is 2.69. The van der Waals surface area contributed by atoms with Crippen molar-refractivity contribution >= 4 is 0 Å². The lowest BCUT2D eigenvalue weighted by molar-refractivity contribution is 0.153. The quantitative estimate of drug-likeness (QED) is 0.602. The Morgan fingerprint density at radius 2 is 2.09 bits per heavy atom. The van der Waals surface area contributed by atoms with Crippen LogP contribution < -0.4 is 5.32 Å². The smallest absolute Gasteiger partial charge is 0.0310 e. The van der Waals surface area contributed by atoms with Crippen molar-refractivity contribution in [2.75, 3.05) is 19.6 Å². The van der Waals surface area contributed by atoms with Crippen LogP contribution in [-0.4, -0.2) is 36.1 Å². The minimum absolute atomic E-state index is 0.558. The van der Waals surface area contributed by atoms with Crippen molar-refractivity contribution in [3.05, 3.63) is 0 Å². The van der Waals surface area contributed by atoms with E-state index in [4.69, 9.17) is 0 Å². The fraction of sp³-hybridized carbons (Fsp3) is 1.00. The summed E-state index contributed by atoms with van der Waals surface area (Å²) in [5.74, 6) is 0. The van der Waals surface area contributed by atoms with Crippen LogP contribution in [0.1, 0.15) is 26.7 Å². The molecule has 2 nitrogen and oxygen atoms in total. The van der Waals surface area contributed by atoms with Gasteiger partial charge in [0.25, 0.3) is 0 Å². The zero-order chi connectivity index (χ0) is 7.90. The first-order valence-corrected chi connectivity index (χ1v) is 4.71. The van der Waals surface area contributed by atoms with Gasteiger partial charge in [0, 0.05) is 31.2 Å². The molecule has 0 radical (unpaired) electrons. The van der Waals surface area contributed by atoms with Crippen LogP contribution in [0, 0.1) is 0 Å². The molecule has 1 aliphatic carbocycles. The zero-order valence-electron chi connectivity index (χ0n) is 7.56. The zero-order valence-corrected chi connectivity index (χ0v) is 7.56. The molecule has 2 fully saturated rings. The Hall–Kier alpha value is -0.0800. The van der Waals surface area contributed by atoms with Gasteiger partial charge in [-0.05, 0) is 26.7 Å². The second kappa shape index (κ2) is 2.46. The van der Waals surface area contributed by atoms with E-state index in [-0.39, 0.29) is 0 Å². The largest absolute Gasteiger partial charge is 0.309 e. The Bertz CT molecular complexity index is 150. The highest BCUT2D eigenvalue weighted by atomic mass is 15.3. The summed E-state index contributed by atoms with van der Waals surface area (Å²) in [6, 6.07) is 0.731. The summed E-state index contributed by atoms with van der Waals surface area (Å²) in [4.78, 5) is 2.59. The van der Waals surface area contributed by atoms with Crippen molar-refractivity contribution in [1.29, 1.82) is 0 Å². The molecule has 1 heterocycles. The Morgan fingerprint density at radius 3 is 2.64 bits per heavy atom. The van der Waals surface area contributed by atoms with E-state index in [1.54, 1.807) is 0 Å². The molecule has 1 aliphatic heterocycles. The summed E-state index contributed by atoms with van der Waals surface area (Å²) in [6.45, 7) is 8.30. The van der Waals surface area contributed by atoms with Gasteiger partial charge in [-0.3, -0.25) is 4.90 Å². The van der Waals surface area contributed by atoms with Crippen LogP contribution in [0.4, 0.5) is 0 Å². The van der Waals surface area contributed by atoms with Gasteiger partial charge in [-0.25, -0.2) is 0 Å². The molecular weight excluding hydrogens is 136 g/mol. The summed E-state index contributed by atoms with van der Waals surface area (Å²) >= 11 is 0. The van der Waals surface area contributed by atoms with E-state index in [0.29, 0.717) is 5.54 Å². The van der Waals surface area contributed by atoms with E-state index < -0.39 is 0 Å². The lowest BCUT2D eigenvalue weighted by atomic mass is 10.1. The van der Waals surface area contributed by atoms with Crippen LogP contribution in [0.25, 0.3) is 0 Å². The molecule has 0 bridgehead atoms. The first kappa shape index (κ1) is 7.56. The second-order valence-corrected chi connectivity index (χ2v) is 4.27. The van der Waals surface area contributed by atoms with Gasteiger partial charge >= 0.3 is 0 Å². The van der Waals surface area contributed by atoms with Gasteiger partial charge in [-0.15, -0.1) is 0 Å². The first-order valence-electron chi connectivity index (χ1n) is 4.71. The molecule has 1 saturated carbocycles. The highest BCUT2D eigenvalue weighted by Gasteiger charge is 2.45. The monoisotopic (exact) mass is 154 g/mol. The van der Waals surface area contributed by atoms with Gasteiger partial charge < -0.3 is 5.32 Å². The molecule has 0 aromatic heterocycles. The maximum absolute atomic E-state index is 3.61. The number of nitrogens with zero attached hydrogens (tertiary/aromatic N) is 1. The summed E-state index contributed by atoms with van der Waals surface area (Å²) in [5, 5.41) is 3.61. The topological polar surface area (TPSA) is 15.3 Å². The third-order valence-electron chi connectivity index (χ3n) is 2.99. The Balaban J connectivity index is 1.93. The molecule has 1 N–H and O–H groups in total. The van der Waals surface area contributed by atoms with Crippen LogP contribution >= 0.6 is 0 Å². The summed E-state index contributed by atoms with van der Waals surface area (Å²) in [6.07, 6.45) is 2.80. The Kier molecular flexibility index (Phi) is 1.69. The maximum atomic E-state index is 3.61. The normalized spacial score (nSPS) is 29.7. The van der Waals surface area contributed by atoms with Crippen LogP contribution in [0.3, 0.4) is 0 Å². The van der Waals surface area contributed by atoms with Crippen molar-refractivity contribution in [2.45, 2.75) is 38.3 Å². The van der Waals surface area contributed by atoms with E-state index in [1.807, 2.05) is 0 Å². The van der Waals surface area contributed by atoms with E-state index in [9.17, 15) is 0 Å². The number of piperazine rings is 1. The highest BCUT2D eigenvalue weighted by Crippen LogP contribution is 2.37. The predicted octanol–water partition coefficient (Wildman–Crippen LogP) is 0.833. The number of nitrogens with one attached hydrogen (secondary N) is 1. The minimum Gasteiger partial charge on any atom is -0.309 e. The van der Waals surface area contributed by atoms with Gasteiger partial charge in [0.15, 0.2) is 0 Å². The van der Waals surface area contributed by atoms with Gasteiger partial charge in [-0.2, -0.15) is 0 Å². The molecule has 2 heteroatoms. The molecule has 0 aromatic rings. The van der Waals surface area contributed by atoms with E-state index in [1.165, 1.54) is 32.5 Å². The standard InChI is InChI=1S/C9H18N2/c1-8(2)11-6-5-10-9(7-11)3-4-9/h8,10H,3-7H2,1-2H3. The van der Waals surface area contributed by atoms with Crippen LogP contribution in [0.15, 0.2) is 0 Å². The van der Waals surface area contributed by atoms with Crippen molar-refractivity contribution in [2.24, 2.45) is 0 Å². The van der Waals surface area contributed by atoms with Gasteiger partial charge in [0.1, 0.15) is 0 Å². The molecule has 0 aromatic carbocycles. The van der Waals surface area contributed by atoms with Gasteiger partial charge in [-0.1, -0.05) is 0 Å². The van der Waals surface area contributed by atoms with Crippen LogP contribution in [0.5, 0.6) is 0 Å². The number of hydrogen-bond donors (Lipinski definition) is 1. The predicted molar refractivity (Wildman–Crippen MR) is 46.7 cm³/mol. The Labute approximate surface area is 69.0 Å². The second-order valence-electron chi connectivity index (χ2n) is 4.27. The third-order valence-corrected chi connectivity index (χ3v) is 2.99. The minimum atomic E-state index is 0.558. The summed E-state index contributed by atoms with van der Waals surface area (Å²) in [7, 11) is 0. The third kappa shape index (κ3) is 1.42. The SMILES string of the molecule is CC(C)N1CCNC2(CC2)C1. The highest BCUT2D eigenvalue weighted by molar-refractivity contribution is 5.06. The molecule has 64 valence electrons. The van der Waals surface area contributed by atoms with Crippen molar-refractivity contribution in [1.82, 2.24) is 10.2 Å². The molecule has 1 spiro atoms. The fourth-order valence-electron chi connectivity index (χ4n) is 1.91. The summed E-state index contributed by atoms with van der Waals surface area (Å²) < 4.78 is 0. The van der Waals surface area contributed by atoms with Crippen molar-refractivity contribution in [3.8, 4) is 0 Å². The molecule has 2 aliphatic rings. The fourth-order valence-corrected chi connectivity index (χ4v) is 1.91. The average molecular weight is 154 g/mol. The van der Waals surface area contributed by atoms with Crippen molar-refractivity contribution in [3.63, 3.8) is 0 Å². The van der Waals surface area contributed by atoms with E-state index >= 15 is 0 Å². The number of rotatable bonds is 1. The molecule has 2 rings (SSSR count). The van der Waals surface area contributed by atoms with Crippen LogP contribution in [0.2, 0.25) is 0 Å². The van der Waals surface area contributed by atoms with Gasteiger partial charge in [0.05, 0.1) is 0 Å². The lowest BCUT2D eigenvalue weighted by Crippen LogP contribution is -2.54. The molecule has 0 unspecified atom stereocenters. The molecule has 11 heavy (non-hydrogen) atoms. The van der Waals surface area contributed by atoms with E-state index in [2.05, 4.69) is 24.1 Å². The Morgan fingerprint density at radius 1 is 1.36 bits per heavy atom. The van der Waals surface area contributed by atoms with Crippen molar-refractivity contribution < 1.29 is 0 Å². The first-order chi connectivity index (χ1) is 5.22. The molecular formula is C9H18N2.